The second-order valence-electron chi connectivity index (χ2n) is 4.20. The van der Waals surface area contributed by atoms with Crippen LogP contribution in [0.4, 0.5) is 0 Å². The fourth-order valence-electron chi connectivity index (χ4n) is 1.42. The number of nitrogens with two attached hydrogens (primary N) is 2. The summed E-state index contributed by atoms with van der Waals surface area (Å²) >= 11 is 0. The zero-order valence-corrected chi connectivity index (χ0v) is 13.8. The van der Waals surface area contributed by atoms with Crippen LogP contribution in [0.2, 0.25) is 0 Å². The molecule has 0 aromatic heterocycles. The smallest absolute Gasteiger partial charge is 0.195 e. The van der Waals surface area contributed by atoms with Crippen LogP contribution in [0, 0.1) is 5.41 Å². The van der Waals surface area contributed by atoms with Crippen LogP contribution < -0.4 is 16.8 Å². The Kier molecular flexibility index (Phi) is 13.7. The van der Waals surface area contributed by atoms with E-state index >= 15 is 0 Å². The van der Waals surface area contributed by atoms with Crippen molar-refractivity contribution in [1.82, 2.24) is 5.32 Å². The summed E-state index contributed by atoms with van der Waals surface area (Å²) in [6.45, 7) is 10.1. The van der Waals surface area contributed by atoms with Crippen molar-refractivity contribution < 1.29 is 0 Å². The summed E-state index contributed by atoms with van der Waals surface area (Å²) in [4.78, 5) is 3.92. The van der Waals surface area contributed by atoms with Gasteiger partial charge < -0.3 is 11.5 Å². The van der Waals surface area contributed by atoms with E-state index in [1.807, 2.05) is 36.4 Å². The van der Waals surface area contributed by atoms with Gasteiger partial charge in [-0.1, -0.05) is 62.9 Å². The van der Waals surface area contributed by atoms with E-state index in [1.54, 1.807) is 0 Å². The van der Waals surface area contributed by atoms with Crippen molar-refractivity contribution in [3.63, 3.8) is 0 Å². The van der Waals surface area contributed by atoms with Gasteiger partial charge in [0.05, 0.1) is 0 Å². The predicted octanol–water partition coefficient (Wildman–Crippen LogP) is 2.98. The maximum absolute atomic E-state index is 6.81. The molecule has 1 aromatic carbocycles. The molecule has 0 bridgehead atoms. The first kappa shape index (κ1) is 22.0. The highest BCUT2D eigenvalue weighted by molar-refractivity contribution is 5.95. The Morgan fingerprint density at radius 3 is 2.09 bits per heavy atom. The van der Waals surface area contributed by atoms with Gasteiger partial charge in [0, 0.05) is 6.54 Å². The Morgan fingerprint density at radius 1 is 1.23 bits per heavy atom. The molecular formula is C16H26ClN5. The molecule has 0 atom stereocenters. The molecule has 0 aliphatic heterocycles. The number of guanidine groups is 2. The number of hydrogen-bond acceptors (Lipinski definition) is 2. The topological polar surface area (TPSA) is 100 Å². The molecule has 0 radical (unpaired) electrons. The van der Waals surface area contributed by atoms with Crippen molar-refractivity contribution in [1.29, 1.82) is 5.41 Å². The monoisotopic (exact) mass is 323 g/mol. The zero-order chi connectivity index (χ0) is 16.1. The van der Waals surface area contributed by atoms with Gasteiger partial charge in [0.25, 0.3) is 0 Å². The quantitative estimate of drug-likeness (QED) is 0.380. The number of halogens is 1. The van der Waals surface area contributed by atoms with E-state index in [0.29, 0.717) is 6.54 Å². The minimum Gasteiger partial charge on any atom is -0.370 e. The van der Waals surface area contributed by atoms with E-state index in [9.17, 15) is 0 Å². The molecule has 22 heavy (non-hydrogen) atoms. The van der Waals surface area contributed by atoms with Crippen molar-refractivity contribution in [2.75, 3.05) is 6.54 Å². The molecule has 5 nitrogen and oxygen atoms in total. The van der Waals surface area contributed by atoms with Crippen LogP contribution in [0.3, 0.4) is 0 Å². The minimum absolute atomic E-state index is 0. The minimum atomic E-state index is -0.178. The van der Waals surface area contributed by atoms with E-state index in [-0.39, 0.29) is 24.3 Å². The summed E-state index contributed by atoms with van der Waals surface area (Å²) < 4.78 is 0. The lowest BCUT2D eigenvalue weighted by Crippen LogP contribution is -2.40. The molecule has 6 N–H and O–H groups in total. The molecule has 0 amide bonds. The van der Waals surface area contributed by atoms with Crippen molar-refractivity contribution in [3.8, 4) is 0 Å². The van der Waals surface area contributed by atoms with Crippen molar-refractivity contribution in [3.05, 3.63) is 48.6 Å². The number of aliphatic imine (C=N–C) groups is 1. The molecule has 122 valence electrons. The van der Waals surface area contributed by atoms with Gasteiger partial charge in [-0.25, -0.2) is 0 Å². The standard InChI is InChI=1S/C10H10.C6H15N5.ClH/c1-3-9-7-5-6-8-10(9)4-2;1-2-3-4-10-6(9)11-5(7)8;/h3-8H,1-2H2;2-4H2,1H3,(H6,7,8,9,10,11);1H. The third kappa shape index (κ3) is 10.5. The largest absolute Gasteiger partial charge is 0.370 e. The second-order valence-corrected chi connectivity index (χ2v) is 4.20. The number of nitrogens with zero attached hydrogens (tertiary/aromatic N) is 1. The van der Waals surface area contributed by atoms with Gasteiger partial charge >= 0.3 is 0 Å². The van der Waals surface area contributed by atoms with Crippen LogP contribution >= 0.6 is 12.4 Å². The van der Waals surface area contributed by atoms with Gasteiger partial charge in [-0.2, -0.15) is 0 Å². The van der Waals surface area contributed by atoms with Crippen LogP contribution in [0.5, 0.6) is 0 Å². The molecular weight excluding hydrogens is 298 g/mol. The van der Waals surface area contributed by atoms with Crippen LogP contribution in [0.1, 0.15) is 30.9 Å². The SMILES string of the molecule is C=Cc1ccccc1C=C.CCCCN=C(N)NC(=N)N.Cl. The normalized spacial score (nSPS) is 9.59. The number of hydrogen-bond donors (Lipinski definition) is 4. The Hall–Kier alpha value is -2.27. The fourth-order valence-corrected chi connectivity index (χ4v) is 1.42. The van der Waals surface area contributed by atoms with Crippen molar-refractivity contribution in [2.24, 2.45) is 16.5 Å². The first-order chi connectivity index (χ1) is 10.0. The lowest BCUT2D eigenvalue weighted by Gasteiger charge is -2.00. The van der Waals surface area contributed by atoms with Gasteiger partial charge in [-0.05, 0) is 17.5 Å². The van der Waals surface area contributed by atoms with Crippen molar-refractivity contribution in [2.45, 2.75) is 19.8 Å². The zero-order valence-electron chi connectivity index (χ0n) is 13.0. The summed E-state index contributed by atoms with van der Waals surface area (Å²) in [5.74, 6) is 0.0358. The molecule has 6 heteroatoms. The molecule has 0 spiro atoms. The summed E-state index contributed by atoms with van der Waals surface area (Å²) in [6.07, 6.45) is 5.74. The Bertz CT molecular complexity index is 470. The number of unbranched alkanes of at least 4 members (excludes halogenated alkanes) is 1. The van der Waals surface area contributed by atoms with Gasteiger partial charge in [0.1, 0.15) is 0 Å². The highest BCUT2D eigenvalue weighted by Gasteiger charge is 1.90. The average Bonchev–Trinajstić information content (AvgIpc) is 2.47. The van der Waals surface area contributed by atoms with Crippen LogP contribution in [-0.2, 0) is 0 Å². The van der Waals surface area contributed by atoms with Crippen LogP contribution in [0.25, 0.3) is 12.2 Å². The number of nitrogens with one attached hydrogen (secondary N) is 2. The number of rotatable bonds is 5. The van der Waals surface area contributed by atoms with E-state index in [0.717, 1.165) is 24.0 Å². The van der Waals surface area contributed by atoms with E-state index in [2.05, 4.69) is 30.4 Å². The Labute approximate surface area is 139 Å². The second kappa shape index (κ2) is 13.7. The summed E-state index contributed by atoms with van der Waals surface area (Å²) in [6, 6.07) is 8.02. The van der Waals surface area contributed by atoms with E-state index in [1.165, 1.54) is 0 Å². The van der Waals surface area contributed by atoms with Crippen molar-refractivity contribution >= 4 is 36.5 Å². The van der Waals surface area contributed by atoms with E-state index < -0.39 is 0 Å². The predicted molar refractivity (Wildman–Crippen MR) is 100 cm³/mol. The molecule has 0 saturated carbocycles. The highest BCUT2D eigenvalue weighted by Crippen LogP contribution is 2.10. The van der Waals surface area contributed by atoms with Gasteiger partial charge in [0.15, 0.2) is 11.9 Å². The molecule has 0 aliphatic carbocycles. The van der Waals surface area contributed by atoms with Crippen LogP contribution in [0.15, 0.2) is 42.4 Å². The molecule has 0 aliphatic rings. The summed E-state index contributed by atoms with van der Waals surface area (Å²) in [5, 5.41) is 9.20. The number of benzene rings is 1. The van der Waals surface area contributed by atoms with Gasteiger partial charge in [-0.15, -0.1) is 12.4 Å². The molecule has 0 heterocycles. The molecule has 0 saturated heterocycles. The Balaban J connectivity index is 0. The molecule has 0 fully saturated rings. The lowest BCUT2D eigenvalue weighted by atomic mass is 10.1. The lowest BCUT2D eigenvalue weighted by molar-refractivity contribution is 0.804. The first-order valence-electron chi connectivity index (χ1n) is 6.80. The molecule has 1 aromatic rings. The molecule has 1 rings (SSSR count). The summed E-state index contributed by atoms with van der Waals surface area (Å²) in [5.41, 5.74) is 12.6. The molecule has 0 unspecified atom stereocenters. The van der Waals surface area contributed by atoms with Gasteiger partial charge in [-0.3, -0.25) is 15.7 Å². The van der Waals surface area contributed by atoms with E-state index in [4.69, 9.17) is 16.9 Å². The third-order valence-corrected chi connectivity index (χ3v) is 2.49. The van der Waals surface area contributed by atoms with Crippen LogP contribution in [-0.4, -0.2) is 18.5 Å². The summed E-state index contributed by atoms with van der Waals surface area (Å²) in [7, 11) is 0. The van der Waals surface area contributed by atoms with Gasteiger partial charge in [0.2, 0.25) is 0 Å². The maximum atomic E-state index is 6.81. The average molecular weight is 324 g/mol. The Morgan fingerprint density at radius 2 is 1.73 bits per heavy atom. The fraction of sp³-hybridized carbons (Fsp3) is 0.250. The highest BCUT2D eigenvalue weighted by atomic mass is 35.5. The maximum Gasteiger partial charge on any atom is 0.195 e. The first-order valence-corrected chi connectivity index (χ1v) is 6.80. The third-order valence-electron chi connectivity index (χ3n) is 2.49.